The number of piperidine rings is 1. The lowest BCUT2D eigenvalue weighted by atomic mass is 9.98. The van der Waals surface area contributed by atoms with Gasteiger partial charge in [0.2, 0.25) is 15.9 Å². The molecule has 2 N–H and O–H groups in total. The van der Waals surface area contributed by atoms with Crippen molar-refractivity contribution in [3.8, 4) is 5.75 Å². The Morgan fingerprint density at radius 2 is 1.90 bits per heavy atom. The quantitative estimate of drug-likeness (QED) is 0.663. The lowest BCUT2D eigenvalue weighted by molar-refractivity contribution is -0.124. The molecule has 1 aromatic rings. The molecule has 12 heteroatoms. The molecule has 1 aromatic carbocycles. The number of amides is 2. The van der Waals surface area contributed by atoms with Crippen LogP contribution in [0.1, 0.15) is 26.2 Å². The summed E-state index contributed by atoms with van der Waals surface area (Å²) in [5, 5.41) is 2.61. The van der Waals surface area contributed by atoms with E-state index in [2.05, 4.69) is 5.32 Å². The first-order valence-electron chi connectivity index (χ1n) is 9.14. The van der Waals surface area contributed by atoms with Gasteiger partial charge in [0.05, 0.1) is 16.8 Å². The Bertz CT molecular complexity index is 1030. The van der Waals surface area contributed by atoms with Gasteiger partial charge in [-0.05, 0) is 37.5 Å². The van der Waals surface area contributed by atoms with Crippen molar-refractivity contribution in [1.82, 2.24) is 9.03 Å². The standard InChI is InChI=1S/C17H23N3O7S2/c1-3-14-17(22)18-13-10-12(4-5-15(13)27-14)29(25,26)19-16(21)11-6-8-20(9-7-11)28(2,23)24/h4-5,10-11,14H,3,6-9H2,1-2H3,(H,18,22)(H,19,21). The van der Waals surface area contributed by atoms with Crippen LogP contribution in [0, 0.1) is 5.92 Å². The summed E-state index contributed by atoms with van der Waals surface area (Å²) in [6.45, 7) is 2.12. The summed E-state index contributed by atoms with van der Waals surface area (Å²) in [5.74, 6) is -1.29. The molecule has 2 amide bonds. The maximum Gasteiger partial charge on any atom is 0.265 e. The predicted molar refractivity (Wildman–Crippen MR) is 104 cm³/mol. The van der Waals surface area contributed by atoms with Crippen LogP contribution in [-0.2, 0) is 29.6 Å². The van der Waals surface area contributed by atoms with Crippen molar-refractivity contribution in [2.45, 2.75) is 37.2 Å². The monoisotopic (exact) mass is 445 g/mol. The smallest absolute Gasteiger partial charge is 0.265 e. The molecule has 1 unspecified atom stereocenters. The molecule has 29 heavy (non-hydrogen) atoms. The highest BCUT2D eigenvalue weighted by Crippen LogP contribution is 2.32. The number of ether oxygens (including phenoxy) is 1. The van der Waals surface area contributed by atoms with E-state index >= 15 is 0 Å². The fourth-order valence-corrected chi connectivity index (χ4v) is 5.23. The van der Waals surface area contributed by atoms with Gasteiger partial charge in [-0.2, -0.15) is 0 Å². The van der Waals surface area contributed by atoms with Gasteiger partial charge in [-0.3, -0.25) is 9.59 Å². The number of rotatable bonds is 5. The summed E-state index contributed by atoms with van der Waals surface area (Å²) in [5.41, 5.74) is 0.219. The Balaban J connectivity index is 1.70. The van der Waals surface area contributed by atoms with E-state index in [1.165, 1.54) is 22.5 Å². The summed E-state index contributed by atoms with van der Waals surface area (Å²) >= 11 is 0. The Morgan fingerprint density at radius 1 is 1.24 bits per heavy atom. The molecule has 160 valence electrons. The third-order valence-electron chi connectivity index (χ3n) is 4.98. The molecule has 0 radical (unpaired) electrons. The SMILES string of the molecule is CCC1Oc2ccc(S(=O)(=O)NC(=O)C3CCN(S(C)(=O)=O)CC3)cc2NC1=O. The van der Waals surface area contributed by atoms with Gasteiger partial charge >= 0.3 is 0 Å². The second kappa shape index (κ2) is 7.92. The summed E-state index contributed by atoms with van der Waals surface area (Å²) in [4.78, 5) is 24.2. The summed E-state index contributed by atoms with van der Waals surface area (Å²) < 4.78 is 57.1. The Kier molecular flexibility index (Phi) is 5.88. The van der Waals surface area contributed by atoms with Crippen molar-refractivity contribution in [1.29, 1.82) is 0 Å². The molecule has 1 atom stereocenters. The van der Waals surface area contributed by atoms with Gasteiger partial charge in [0.1, 0.15) is 5.75 Å². The second-order valence-electron chi connectivity index (χ2n) is 7.07. The fraction of sp³-hybridized carbons (Fsp3) is 0.529. The topological polar surface area (TPSA) is 139 Å². The molecule has 0 bridgehead atoms. The highest BCUT2D eigenvalue weighted by atomic mass is 32.2. The zero-order valence-corrected chi connectivity index (χ0v) is 17.7. The van der Waals surface area contributed by atoms with E-state index < -0.39 is 38.0 Å². The molecule has 0 spiro atoms. The van der Waals surface area contributed by atoms with Crippen LogP contribution in [0.25, 0.3) is 0 Å². The van der Waals surface area contributed by atoms with Gasteiger partial charge < -0.3 is 10.1 Å². The summed E-state index contributed by atoms with van der Waals surface area (Å²) in [6.07, 6.45) is 1.41. The van der Waals surface area contributed by atoms with Gasteiger partial charge in [0.25, 0.3) is 15.9 Å². The van der Waals surface area contributed by atoms with E-state index in [0.29, 0.717) is 12.2 Å². The van der Waals surface area contributed by atoms with E-state index in [4.69, 9.17) is 4.74 Å². The van der Waals surface area contributed by atoms with Gasteiger partial charge in [0, 0.05) is 19.0 Å². The van der Waals surface area contributed by atoms with Crippen LogP contribution < -0.4 is 14.8 Å². The molecule has 2 aliphatic heterocycles. The first-order chi connectivity index (χ1) is 13.5. The molecule has 2 aliphatic rings. The minimum absolute atomic E-state index is 0.164. The molecular weight excluding hydrogens is 422 g/mol. The van der Waals surface area contributed by atoms with Crippen molar-refractivity contribution in [2.75, 3.05) is 24.7 Å². The lowest BCUT2D eigenvalue weighted by Crippen LogP contribution is -2.44. The molecule has 3 rings (SSSR count). The zero-order valence-electron chi connectivity index (χ0n) is 16.0. The number of hydrogen-bond acceptors (Lipinski definition) is 7. The number of hydrogen-bond donors (Lipinski definition) is 2. The Labute approximate surface area is 169 Å². The third-order valence-corrected chi connectivity index (χ3v) is 7.63. The van der Waals surface area contributed by atoms with Crippen molar-refractivity contribution < 1.29 is 31.2 Å². The molecule has 1 saturated heterocycles. The van der Waals surface area contributed by atoms with Crippen molar-refractivity contribution >= 4 is 37.5 Å². The molecule has 0 saturated carbocycles. The highest BCUT2D eigenvalue weighted by molar-refractivity contribution is 7.90. The van der Waals surface area contributed by atoms with E-state index in [1.807, 2.05) is 4.72 Å². The minimum atomic E-state index is -4.16. The first kappa shape index (κ1) is 21.5. The maximum absolute atomic E-state index is 12.6. The number of fused-ring (bicyclic) bond motifs is 1. The summed E-state index contributed by atoms with van der Waals surface area (Å²) in [6, 6.07) is 3.97. The van der Waals surface area contributed by atoms with Crippen LogP contribution in [0.15, 0.2) is 23.1 Å². The molecule has 2 heterocycles. The normalized spacial score (nSPS) is 21.0. The van der Waals surface area contributed by atoms with Crippen LogP contribution >= 0.6 is 0 Å². The average molecular weight is 446 g/mol. The number of carbonyl (C=O) groups is 2. The van der Waals surface area contributed by atoms with Crippen LogP contribution in [0.2, 0.25) is 0 Å². The Morgan fingerprint density at radius 3 is 2.48 bits per heavy atom. The van der Waals surface area contributed by atoms with E-state index in [-0.39, 0.29) is 42.4 Å². The number of nitrogens with zero attached hydrogens (tertiary/aromatic N) is 1. The second-order valence-corrected chi connectivity index (χ2v) is 10.7. The van der Waals surface area contributed by atoms with E-state index in [0.717, 1.165) is 6.26 Å². The van der Waals surface area contributed by atoms with Crippen molar-refractivity contribution in [3.05, 3.63) is 18.2 Å². The van der Waals surface area contributed by atoms with Crippen molar-refractivity contribution in [3.63, 3.8) is 0 Å². The number of benzene rings is 1. The summed E-state index contributed by atoms with van der Waals surface area (Å²) in [7, 11) is -7.49. The van der Waals surface area contributed by atoms with Gasteiger partial charge in [-0.1, -0.05) is 6.92 Å². The fourth-order valence-electron chi connectivity index (χ4n) is 3.29. The molecular formula is C17H23N3O7S2. The zero-order chi connectivity index (χ0) is 21.4. The average Bonchev–Trinajstić information content (AvgIpc) is 2.66. The third kappa shape index (κ3) is 4.70. The van der Waals surface area contributed by atoms with E-state index in [1.54, 1.807) is 6.92 Å². The van der Waals surface area contributed by atoms with Crippen LogP contribution in [0.3, 0.4) is 0 Å². The lowest BCUT2D eigenvalue weighted by Gasteiger charge is -2.29. The number of anilines is 1. The number of nitrogens with one attached hydrogen (secondary N) is 2. The van der Waals surface area contributed by atoms with Gasteiger partial charge in [0.15, 0.2) is 6.10 Å². The predicted octanol–water partition coefficient (Wildman–Crippen LogP) is 0.273. The molecule has 0 aromatic heterocycles. The number of carbonyl (C=O) groups excluding carboxylic acids is 2. The maximum atomic E-state index is 12.6. The van der Waals surface area contributed by atoms with Gasteiger partial charge in [-0.25, -0.2) is 25.9 Å². The van der Waals surface area contributed by atoms with Crippen LogP contribution in [0.4, 0.5) is 5.69 Å². The molecule has 1 fully saturated rings. The largest absolute Gasteiger partial charge is 0.478 e. The van der Waals surface area contributed by atoms with Crippen LogP contribution in [-0.4, -0.2) is 58.4 Å². The van der Waals surface area contributed by atoms with Crippen LogP contribution in [0.5, 0.6) is 5.75 Å². The van der Waals surface area contributed by atoms with Crippen molar-refractivity contribution in [2.24, 2.45) is 5.92 Å². The number of sulfonamides is 2. The minimum Gasteiger partial charge on any atom is -0.478 e. The van der Waals surface area contributed by atoms with E-state index in [9.17, 15) is 26.4 Å². The van der Waals surface area contributed by atoms with Gasteiger partial charge in [-0.15, -0.1) is 0 Å². The highest BCUT2D eigenvalue weighted by Gasteiger charge is 2.32. The Hall–Kier alpha value is -2.18. The first-order valence-corrected chi connectivity index (χ1v) is 12.5. The molecule has 10 nitrogen and oxygen atoms in total. The molecule has 0 aliphatic carbocycles.